The molecule has 13 heavy (non-hydrogen) atoms. The number of hydrogen-bond donors (Lipinski definition) is 0. The van der Waals surface area contributed by atoms with E-state index in [0.717, 1.165) is 0 Å². The molecule has 0 aromatic heterocycles. The Morgan fingerprint density at radius 1 is 0.846 bits per heavy atom. The summed E-state index contributed by atoms with van der Waals surface area (Å²) < 4.78 is 26.7. The Balaban J connectivity index is 2.86. The molecule has 2 aliphatic carbocycles. The highest BCUT2D eigenvalue weighted by atomic mass is 19.1. The van der Waals surface area contributed by atoms with E-state index in [4.69, 9.17) is 0 Å². The van der Waals surface area contributed by atoms with Crippen LogP contribution in [0.3, 0.4) is 0 Å². The highest BCUT2D eigenvalue weighted by molar-refractivity contribution is 5.69. The van der Waals surface area contributed by atoms with Gasteiger partial charge in [0.1, 0.15) is 11.6 Å². The van der Waals surface area contributed by atoms with Gasteiger partial charge in [0.15, 0.2) is 0 Å². The Labute approximate surface area is 75.2 Å². The zero-order valence-corrected chi connectivity index (χ0v) is 7.14. The van der Waals surface area contributed by atoms with Crippen molar-refractivity contribution in [2.75, 3.05) is 0 Å². The summed E-state index contributed by atoms with van der Waals surface area (Å²) in [6.45, 7) is 1.45. The van der Waals surface area contributed by atoms with Crippen LogP contribution in [-0.4, -0.2) is 0 Å². The van der Waals surface area contributed by atoms with Crippen molar-refractivity contribution in [2.24, 2.45) is 0 Å². The van der Waals surface area contributed by atoms with E-state index in [1.807, 2.05) is 0 Å². The first-order chi connectivity index (χ1) is 6.22. The van der Waals surface area contributed by atoms with Crippen LogP contribution < -0.4 is 0 Å². The Bertz CT molecular complexity index is 384. The van der Waals surface area contributed by atoms with Crippen LogP contribution in [0.5, 0.6) is 0 Å². The van der Waals surface area contributed by atoms with Crippen molar-refractivity contribution >= 4 is 0 Å². The summed E-state index contributed by atoms with van der Waals surface area (Å²) in [6, 6.07) is 8.31. The molecule has 0 heterocycles. The van der Waals surface area contributed by atoms with Gasteiger partial charge in [0, 0.05) is 16.7 Å². The molecule has 0 N–H and O–H groups in total. The van der Waals surface area contributed by atoms with Crippen molar-refractivity contribution < 1.29 is 8.78 Å². The molecular weight excluding hydrogens is 170 g/mol. The molecular formula is C11H8F2. The lowest BCUT2D eigenvalue weighted by Gasteiger charge is -1.89. The molecule has 0 spiro atoms. The maximum absolute atomic E-state index is 13.3. The van der Waals surface area contributed by atoms with Gasteiger partial charge in [-0.2, -0.15) is 0 Å². The summed E-state index contributed by atoms with van der Waals surface area (Å²) in [7, 11) is 0. The van der Waals surface area contributed by atoms with Gasteiger partial charge in [-0.3, -0.25) is 0 Å². The van der Waals surface area contributed by atoms with Crippen molar-refractivity contribution in [3.05, 3.63) is 47.5 Å². The van der Waals surface area contributed by atoms with Crippen molar-refractivity contribution in [1.29, 1.82) is 0 Å². The van der Waals surface area contributed by atoms with Crippen LogP contribution >= 0.6 is 0 Å². The normalized spacial score (nSPS) is 10.7. The lowest BCUT2D eigenvalue weighted by atomic mass is 10.2. The zero-order valence-electron chi connectivity index (χ0n) is 7.14. The fraction of sp³-hybridized carbons (Fsp3) is 0.0909. The number of fused-ring (bicyclic) bond motifs is 1. The molecule has 2 heteroatoms. The minimum absolute atomic E-state index is 0.0983. The van der Waals surface area contributed by atoms with Crippen LogP contribution in [0.2, 0.25) is 0 Å². The van der Waals surface area contributed by atoms with E-state index in [2.05, 4.69) is 0 Å². The second-order valence-electron chi connectivity index (χ2n) is 2.99. The highest BCUT2D eigenvalue weighted by Crippen LogP contribution is 2.32. The third-order valence-corrected chi connectivity index (χ3v) is 2.17. The Morgan fingerprint density at radius 2 is 1.31 bits per heavy atom. The Morgan fingerprint density at radius 3 is 1.77 bits per heavy atom. The van der Waals surface area contributed by atoms with Gasteiger partial charge in [-0.1, -0.05) is 30.3 Å². The van der Waals surface area contributed by atoms with Crippen LogP contribution in [0.4, 0.5) is 8.78 Å². The summed E-state index contributed by atoms with van der Waals surface area (Å²) in [5.41, 5.74) is 0.793. The van der Waals surface area contributed by atoms with Crippen molar-refractivity contribution in [2.45, 2.75) is 6.92 Å². The molecule has 0 aromatic carbocycles. The molecule has 0 bridgehead atoms. The van der Waals surface area contributed by atoms with Crippen molar-refractivity contribution in [3.8, 4) is 11.1 Å². The van der Waals surface area contributed by atoms with Gasteiger partial charge < -0.3 is 0 Å². The first-order valence-electron chi connectivity index (χ1n) is 4.04. The number of halogens is 2. The van der Waals surface area contributed by atoms with E-state index in [9.17, 15) is 8.78 Å². The average molecular weight is 178 g/mol. The van der Waals surface area contributed by atoms with Crippen LogP contribution in [0, 0.1) is 18.6 Å². The van der Waals surface area contributed by atoms with Gasteiger partial charge in [-0.15, -0.1) is 0 Å². The Hall–Kier alpha value is -1.44. The van der Waals surface area contributed by atoms with Crippen LogP contribution in [0.25, 0.3) is 11.1 Å². The maximum atomic E-state index is 13.3. The second kappa shape index (κ2) is 2.80. The number of hydrogen-bond acceptors (Lipinski definition) is 0. The minimum Gasteiger partial charge on any atom is -0.206 e. The molecule has 0 aromatic rings. The summed E-state index contributed by atoms with van der Waals surface area (Å²) >= 11 is 0. The van der Waals surface area contributed by atoms with Gasteiger partial charge in [0.2, 0.25) is 0 Å². The van der Waals surface area contributed by atoms with E-state index < -0.39 is 11.6 Å². The van der Waals surface area contributed by atoms with E-state index in [-0.39, 0.29) is 5.56 Å². The topological polar surface area (TPSA) is 0 Å². The molecule has 0 amide bonds. The van der Waals surface area contributed by atoms with Gasteiger partial charge in [0.05, 0.1) is 0 Å². The SMILES string of the molecule is Cc1c(F)c2cccccc-2c1F. The largest absolute Gasteiger partial charge is 0.206 e. The van der Waals surface area contributed by atoms with Crippen LogP contribution in [0.1, 0.15) is 5.56 Å². The van der Waals surface area contributed by atoms with Gasteiger partial charge >= 0.3 is 0 Å². The minimum atomic E-state index is -0.455. The quantitative estimate of drug-likeness (QED) is 0.580. The first-order valence-corrected chi connectivity index (χ1v) is 4.04. The maximum Gasteiger partial charge on any atom is 0.136 e. The summed E-state index contributed by atoms with van der Waals surface area (Å²) in [5, 5.41) is 0. The molecule has 66 valence electrons. The Kier molecular flexibility index (Phi) is 1.76. The van der Waals surface area contributed by atoms with Crippen LogP contribution in [-0.2, 0) is 0 Å². The smallest absolute Gasteiger partial charge is 0.136 e. The third kappa shape index (κ3) is 1.10. The first kappa shape index (κ1) is 8.17. The van der Waals surface area contributed by atoms with E-state index in [0.29, 0.717) is 11.1 Å². The number of rotatable bonds is 0. The van der Waals surface area contributed by atoms with Gasteiger partial charge in [-0.05, 0) is 6.92 Å². The molecule has 2 aliphatic rings. The molecule has 0 unspecified atom stereocenters. The molecule has 0 fully saturated rings. The fourth-order valence-corrected chi connectivity index (χ4v) is 1.43. The van der Waals surface area contributed by atoms with Gasteiger partial charge in [0.25, 0.3) is 0 Å². The predicted molar refractivity (Wildman–Crippen MR) is 47.7 cm³/mol. The highest BCUT2D eigenvalue weighted by Gasteiger charge is 2.19. The van der Waals surface area contributed by atoms with E-state index in [1.54, 1.807) is 30.3 Å². The lowest BCUT2D eigenvalue weighted by Crippen LogP contribution is -1.74. The monoisotopic (exact) mass is 178 g/mol. The van der Waals surface area contributed by atoms with E-state index in [1.165, 1.54) is 6.92 Å². The summed E-state index contributed by atoms with van der Waals surface area (Å²) in [6.07, 6.45) is 0. The summed E-state index contributed by atoms with van der Waals surface area (Å²) in [5.74, 6) is -0.910. The second-order valence-corrected chi connectivity index (χ2v) is 2.99. The summed E-state index contributed by atoms with van der Waals surface area (Å²) in [4.78, 5) is 0. The van der Waals surface area contributed by atoms with Crippen molar-refractivity contribution in [1.82, 2.24) is 0 Å². The third-order valence-electron chi connectivity index (χ3n) is 2.17. The molecule has 2 rings (SSSR count). The molecule has 0 nitrogen and oxygen atoms in total. The molecule has 0 aliphatic heterocycles. The molecule has 0 atom stereocenters. The lowest BCUT2D eigenvalue weighted by molar-refractivity contribution is 0.593. The van der Waals surface area contributed by atoms with Crippen LogP contribution in [0.15, 0.2) is 30.3 Å². The molecule has 0 saturated carbocycles. The molecule has 0 saturated heterocycles. The van der Waals surface area contributed by atoms with E-state index >= 15 is 0 Å². The standard InChI is InChI=1S/C11H8F2/c1-7-10(12)8-5-3-2-4-6-9(8)11(7)13/h2-6H,1H3. The zero-order chi connectivity index (χ0) is 9.42. The van der Waals surface area contributed by atoms with Gasteiger partial charge in [-0.25, -0.2) is 8.78 Å². The van der Waals surface area contributed by atoms with Crippen molar-refractivity contribution in [3.63, 3.8) is 0 Å². The molecule has 0 radical (unpaired) electrons. The fourth-order valence-electron chi connectivity index (χ4n) is 1.43. The average Bonchev–Trinajstić information content (AvgIpc) is 2.40. The predicted octanol–water partition coefficient (Wildman–Crippen LogP) is 3.38.